The van der Waals surface area contributed by atoms with Crippen molar-refractivity contribution in [3.8, 4) is 0 Å². The number of nitrogens with two attached hydrogens (primary N) is 1. The van der Waals surface area contributed by atoms with Crippen LogP contribution >= 0.6 is 0 Å². The quantitative estimate of drug-likeness (QED) is 0.666. The first-order valence-electron chi connectivity index (χ1n) is 7.02. The molecule has 4 nitrogen and oxygen atoms in total. The summed E-state index contributed by atoms with van der Waals surface area (Å²) in [6.07, 6.45) is 1.83. The van der Waals surface area contributed by atoms with Gasteiger partial charge in [-0.15, -0.1) is 0 Å². The van der Waals surface area contributed by atoms with Crippen LogP contribution in [0.3, 0.4) is 0 Å². The van der Waals surface area contributed by atoms with Gasteiger partial charge in [0.2, 0.25) is 0 Å². The van der Waals surface area contributed by atoms with Crippen LogP contribution in [0.1, 0.15) is 26.7 Å². The van der Waals surface area contributed by atoms with E-state index in [1.807, 2.05) is 13.8 Å². The monoisotopic (exact) mass is 297 g/mol. The molecule has 0 amide bonds. The highest BCUT2D eigenvalue weighted by Crippen LogP contribution is 2.28. The summed E-state index contributed by atoms with van der Waals surface area (Å²) in [5.74, 6) is -0.630. The largest absolute Gasteiger partial charge is 0.376 e. The van der Waals surface area contributed by atoms with Gasteiger partial charge < -0.3 is 15.8 Å². The molecule has 1 heterocycles. The van der Waals surface area contributed by atoms with E-state index < -0.39 is 11.6 Å². The third kappa shape index (κ3) is 4.67. The number of ether oxygens (including phenoxy) is 1. The highest BCUT2D eigenvalue weighted by molar-refractivity contribution is 5.92. The Balaban J connectivity index is 1.93. The van der Waals surface area contributed by atoms with Crippen molar-refractivity contribution in [3.05, 3.63) is 29.8 Å². The van der Waals surface area contributed by atoms with Crippen LogP contribution in [0.5, 0.6) is 0 Å². The van der Waals surface area contributed by atoms with Gasteiger partial charge in [0.25, 0.3) is 0 Å². The second-order valence-electron chi connectivity index (χ2n) is 5.94. The maximum absolute atomic E-state index is 13.5. The molecule has 0 radical (unpaired) electrons. The zero-order valence-electron chi connectivity index (χ0n) is 12.3. The minimum Gasteiger partial charge on any atom is -0.376 e. The molecule has 1 aromatic rings. The Kier molecular flexibility index (Phi) is 4.77. The molecule has 21 heavy (non-hydrogen) atoms. The van der Waals surface area contributed by atoms with E-state index in [9.17, 15) is 8.78 Å². The molecule has 1 saturated heterocycles. The van der Waals surface area contributed by atoms with Gasteiger partial charge >= 0.3 is 0 Å². The lowest BCUT2D eigenvalue weighted by molar-refractivity contribution is -0.0705. The van der Waals surface area contributed by atoms with Crippen molar-refractivity contribution in [2.75, 3.05) is 18.5 Å². The first-order valence-corrected chi connectivity index (χ1v) is 7.02. The number of nitrogens with one attached hydrogen (secondary N) is 1. The van der Waals surface area contributed by atoms with E-state index in [1.165, 1.54) is 0 Å². The van der Waals surface area contributed by atoms with Crippen molar-refractivity contribution in [1.29, 1.82) is 0 Å². The van der Waals surface area contributed by atoms with Crippen LogP contribution in [0.4, 0.5) is 14.5 Å². The van der Waals surface area contributed by atoms with Crippen LogP contribution in [0.25, 0.3) is 0 Å². The molecule has 1 fully saturated rings. The van der Waals surface area contributed by atoms with Crippen molar-refractivity contribution >= 4 is 11.6 Å². The summed E-state index contributed by atoms with van der Waals surface area (Å²) >= 11 is 0. The summed E-state index contributed by atoms with van der Waals surface area (Å²) in [4.78, 5) is 4.22. The molecule has 0 aliphatic carbocycles. The third-order valence-electron chi connectivity index (χ3n) is 3.51. The van der Waals surface area contributed by atoms with E-state index in [2.05, 4.69) is 10.3 Å². The van der Waals surface area contributed by atoms with Crippen LogP contribution in [-0.4, -0.2) is 24.7 Å². The molecule has 6 heteroatoms. The Bertz CT molecular complexity index is 532. The maximum atomic E-state index is 13.5. The minimum atomic E-state index is -0.568. The van der Waals surface area contributed by atoms with Crippen molar-refractivity contribution in [2.24, 2.45) is 16.6 Å². The van der Waals surface area contributed by atoms with Crippen molar-refractivity contribution in [3.63, 3.8) is 0 Å². The Morgan fingerprint density at radius 3 is 2.95 bits per heavy atom. The topological polar surface area (TPSA) is 59.6 Å². The van der Waals surface area contributed by atoms with Crippen molar-refractivity contribution in [1.82, 2.24) is 0 Å². The number of guanidine groups is 1. The number of hydrogen-bond donors (Lipinski definition) is 2. The fourth-order valence-electron chi connectivity index (χ4n) is 2.51. The SMILES string of the molecule is CC1(C)CC(CN=C(N)Nc2cc(F)ccc2F)CCO1. The average Bonchev–Trinajstić information content (AvgIpc) is 2.40. The number of rotatable bonds is 3. The molecule has 1 unspecified atom stereocenters. The van der Waals surface area contributed by atoms with E-state index in [1.54, 1.807) is 0 Å². The molecule has 0 bridgehead atoms. The first kappa shape index (κ1) is 15.7. The summed E-state index contributed by atoms with van der Waals surface area (Å²) in [5.41, 5.74) is 5.57. The van der Waals surface area contributed by atoms with Crippen molar-refractivity contribution in [2.45, 2.75) is 32.3 Å². The van der Waals surface area contributed by atoms with Crippen LogP contribution in [-0.2, 0) is 4.74 Å². The van der Waals surface area contributed by atoms with Crippen LogP contribution in [0.15, 0.2) is 23.2 Å². The van der Waals surface area contributed by atoms with Gasteiger partial charge in [0.05, 0.1) is 11.3 Å². The molecular weight excluding hydrogens is 276 g/mol. The molecular formula is C15H21F2N3O. The molecule has 0 aromatic heterocycles. The molecule has 1 aromatic carbocycles. The molecule has 1 aliphatic heterocycles. The summed E-state index contributed by atoms with van der Waals surface area (Å²) in [7, 11) is 0. The van der Waals surface area contributed by atoms with Crippen LogP contribution in [0, 0.1) is 17.6 Å². The zero-order valence-corrected chi connectivity index (χ0v) is 12.3. The lowest BCUT2D eigenvalue weighted by Crippen LogP contribution is -2.35. The highest BCUT2D eigenvalue weighted by Gasteiger charge is 2.28. The Labute approximate surface area is 123 Å². The molecule has 0 spiro atoms. The van der Waals surface area contributed by atoms with Gasteiger partial charge in [0, 0.05) is 19.2 Å². The molecule has 3 N–H and O–H groups in total. The summed E-state index contributed by atoms with van der Waals surface area (Å²) in [6, 6.07) is 3.15. The number of hydrogen-bond acceptors (Lipinski definition) is 2. The molecule has 1 aliphatic rings. The Morgan fingerprint density at radius 2 is 2.24 bits per heavy atom. The van der Waals surface area contributed by atoms with Crippen molar-refractivity contribution < 1.29 is 13.5 Å². The summed E-state index contributed by atoms with van der Waals surface area (Å²) < 4.78 is 32.2. The van der Waals surface area contributed by atoms with Gasteiger partial charge in [-0.2, -0.15) is 0 Å². The predicted octanol–water partition coefficient (Wildman–Crippen LogP) is 2.90. The third-order valence-corrected chi connectivity index (χ3v) is 3.51. The normalized spacial score (nSPS) is 22.1. The summed E-state index contributed by atoms with van der Waals surface area (Å²) in [5, 5.41) is 2.59. The van der Waals surface area contributed by atoms with E-state index in [-0.39, 0.29) is 17.2 Å². The van der Waals surface area contributed by atoms with E-state index in [0.717, 1.165) is 31.0 Å². The average molecular weight is 297 g/mol. The zero-order chi connectivity index (χ0) is 15.5. The Morgan fingerprint density at radius 1 is 1.48 bits per heavy atom. The second-order valence-corrected chi connectivity index (χ2v) is 5.94. The number of benzene rings is 1. The smallest absolute Gasteiger partial charge is 0.193 e. The lowest BCUT2D eigenvalue weighted by atomic mass is 9.88. The molecule has 116 valence electrons. The predicted molar refractivity (Wildman–Crippen MR) is 79.2 cm³/mol. The summed E-state index contributed by atoms with van der Waals surface area (Å²) in [6.45, 7) is 5.35. The van der Waals surface area contributed by atoms with Gasteiger partial charge in [0.1, 0.15) is 11.6 Å². The number of anilines is 1. The maximum Gasteiger partial charge on any atom is 0.193 e. The standard InChI is InChI=1S/C15H21F2N3O/c1-15(2)8-10(5-6-21-15)9-19-14(18)20-13-7-11(16)3-4-12(13)17/h3-4,7,10H,5-6,8-9H2,1-2H3,(H3,18,19,20). The van der Waals surface area contributed by atoms with E-state index >= 15 is 0 Å². The fraction of sp³-hybridized carbons (Fsp3) is 0.533. The van der Waals surface area contributed by atoms with Gasteiger partial charge in [-0.25, -0.2) is 8.78 Å². The second kappa shape index (κ2) is 6.39. The van der Waals surface area contributed by atoms with Gasteiger partial charge in [-0.1, -0.05) is 0 Å². The fourth-order valence-corrected chi connectivity index (χ4v) is 2.51. The number of nitrogens with zero attached hydrogens (tertiary/aromatic N) is 1. The minimum absolute atomic E-state index is 0.0106. The van der Waals surface area contributed by atoms with Gasteiger partial charge in [-0.05, 0) is 44.7 Å². The van der Waals surface area contributed by atoms with E-state index in [0.29, 0.717) is 19.1 Å². The number of halogens is 2. The molecule has 1 atom stereocenters. The lowest BCUT2D eigenvalue weighted by Gasteiger charge is -2.34. The number of aliphatic imine (C=N–C) groups is 1. The molecule has 2 rings (SSSR count). The Hall–Kier alpha value is -1.69. The van der Waals surface area contributed by atoms with E-state index in [4.69, 9.17) is 10.5 Å². The van der Waals surface area contributed by atoms with Gasteiger partial charge in [0.15, 0.2) is 5.96 Å². The highest BCUT2D eigenvalue weighted by atomic mass is 19.1. The van der Waals surface area contributed by atoms with Crippen LogP contribution in [0.2, 0.25) is 0 Å². The van der Waals surface area contributed by atoms with Crippen LogP contribution < -0.4 is 11.1 Å². The molecule has 0 saturated carbocycles. The first-order chi connectivity index (χ1) is 9.85. The van der Waals surface area contributed by atoms with Gasteiger partial charge in [-0.3, -0.25) is 4.99 Å².